The van der Waals surface area contributed by atoms with Crippen LogP contribution in [0.4, 0.5) is 0 Å². The van der Waals surface area contributed by atoms with E-state index in [0.717, 1.165) is 25.7 Å². The van der Waals surface area contributed by atoms with Crippen LogP contribution in [0.3, 0.4) is 0 Å². The minimum absolute atomic E-state index is 0.0151. The van der Waals surface area contributed by atoms with E-state index in [1.807, 2.05) is 37.3 Å². The summed E-state index contributed by atoms with van der Waals surface area (Å²) < 4.78 is 59.4. The second kappa shape index (κ2) is 17.0. The Balaban J connectivity index is 1.23. The number of methoxy groups -OCH3 is 1. The molecule has 0 unspecified atom stereocenters. The number of sulfone groups is 1. The maximum absolute atomic E-state index is 13.0. The molecule has 0 spiro atoms. The first-order chi connectivity index (χ1) is 22.4. The molecule has 1 aliphatic heterocycles. The number of hydrogen-bond donors (Lipinski definition) is 4. The lowest BCUT2D eigenvalue weighted by Crippen LogP contribution is -2.33. The first kappa shape index (κ1) is 37.7. The predicted molar refractivity (Wildman–Crippen MR) is 183 cm³/mol. The Bertz CT molecular complexity index is 1560. The number of allylic oxidation sites excluding steroid dienone is 2. The molecule has 7 atom stereocenters. The van der Waals surface area contributed by atoms with Crippen LogP contribution in [0.15, 0.2) is 57.0 Å². The van der Waals surface area contributed by atoms with E-state index >= 15 is 0 Å². The van der Waals surface area contributed by atoms with Crippen LogP contribution in [-0.2, 0) is 35.8 Å². The van der Waals surface area contributed by atoms with Crippen LogP contribution in [0.25, 0.3) is 0 Å². The number of fused-ring (bicyclic) bond motifs is 1. The fourth-order valence-electron chi connectivity index (χ4n) is 6.81. The van der Waals surface area contributed by atoms with E-state index in [4.69, 9.17) is 4.74 Å². The summed E-state index contributed by atoms with van der Waals surface area (Å²) in [5.74, 6) is -0.760. The van der Waals surface area contributed by atoms with Crippen LogP contribution in [0, 0.1) is 11.8 Å². The van der Waals surface area contributed by atoms with E-state index in [2.05, 4.69) is 22.2 Å². The second-order valence-electron chi connectivity index (χ2n) is 12.8. The van der Waals surface area contributed by atoms with E-state index in [9.17, 15) is 31.8 Å². The first-order valence-electron chi connectivity index (χ1n) is 16.6. The Morgan fingerprint density at radius 1 is 1.11 bits per heavy atom. The third-order valence-corrected chi connectivity index (χ3v) is 15.3. The minimum Gasteiger partial charge on any atom is -0.393 e. The molecule has 47 heavy (non-hydrogen) atoms. The Morgan fingerprint density at radius 2 is 1.83 bits per heavy atom. The van der Waals surface area contributed by atoms with Crippen molar-refractivity contribution in [2.24, 2.45) is 11.8 Å². The topological polar surface area (TPSA) is 159 Å². The monoisotopic (exact) mass is 710 g/mol. The van der Waals surface area contributed by atoms with E-state index < -0.39 is 43.2 Å². The van der Waals surface area contributed by atoms with Gasteiger partial charge in [-0.2, -0.15) is 0 Å². The van der Waals surface area contributed by atoms with Crippen molar-refractivity contribution in [2.75, 3.05) is 13.7 Å². The normalized spacial score (nSPS) is 26.3. The van der Waals surface area contributed by atoms with Crippen molar-refractivity contribution in [1.82, 2.24) is 10.0 Å². The summed E-state index contributed by atoms with van der Waals surface area (Å²) >= 11 is 0.692. The summed E-state index contributed by atoms with van der Waals surface area (Å²) in [5, 5.41) is 23.9. The zero-order chi connectivity index (χ0) is 34.2. The molecule has 1 saturated carbocycles. The van der Waals surface area contributed by atoms with Gasteiger partial charge in [-0.1, -0.05) is 49.4 Å². The van der Waals surface area contributed by atoms with Gasteiger partial charge in [0, 0.05) is 25.1 Å². The number of unbranched alkanes of at least 4 members (excludes halogenated alkanes) is 1. The van der Waals surface area contributed by atoms with Crippen molar-refractivity contribution in [1.29, 1.82) is 0 Å². The molecule has 1 aromatic carbocycles. The number of aliphatic hydroxyl groups excluding tert-OH is 2. The molecule has 1 amide bonds. The Kier molecular flexibility index (Phi) is 13.6. The van der Waals surface area contributed by atoms with E-state index in [1.165, 1.54) is 11.6 Å². The molecule has 4 N–H and O–H groups in total. The van der Waals surface area contributed by atoms with Crippen LogP contribution in [0.5, 0.6) is 0 Å². The van der Waals surface area contributed by atoms with Crippen molar-refractivity contribution >= 4 is 37.1 Å². The van der Waals surface area contributed by atoms with Gasteiger partial charge in [-0.3, -0.25) is 4.79 Å². The van der Waals surface area contributed by atoms with Crippen molar-refractivity contribution in [2.45, 2.75) is 116 Å². The number of carbonyl (C=O) groups is 1. The summed E-state index contributed by atoms with van der Waals surface area (Å²) in [4.78, 5) is 12.6. The molecular formula is C34H50N2O8S3. The highest BCUT2D eigenvalue weighted by Gasteiger charge is 2.41. The smallest absolute Gasteiger partial charge is 0.273 e. The average Bonchev–Trinajstić information content (AvgIpc) is 3.61. The van der Waals surface area contributed by atoms with Crippen molar-refractivity contribution in [3.8, 4) is 0 Å². The van der Waals surface area contributed by atoms with Gasteiger partial charge in [-0.05, 0) is 94.7 Å². The molecule has 1 fully saturated rings. The lowest BCUT2D eigenvalue weighted by Gasteiger charge is -2.27. The highest BCUT2D eigenvalue weighted by atomic mass is 32.3. The summed E-state index contributed by atoms with van der Waals surface area (Å²) in [6.45, 7) is 4.13. The molecule has 1 aromatic heterocycles. The van der Waals surface area contributed by atoms with Gasteiger partial charge in [0.25, 0.3) is 10.0 Å². The lowest BCUT2D eigenvalue weighted by atomic mass is 9.85. The Labute approximate surface area is 284 Å². The Hall–Kier alpha value is -2.13. The van der Waals surface area contributed by atoms with Crippen molar-refractivity contribution in [3.05, 3.63) is 59.7 Å². The van der Waals surface area contributed by atoms with Crippen LogP contribution < -0.4 is 10.0 Å². The fraction of sp³-hybridized carbons (Fsp3) is 0.618. The maximum Gasteiger partial charge on any atom is 0.273 e. The Morgan fingerprint density at radius 3 is 2.53 bits per heavy atom. The van der Waals surface area contributed by atoms with Gasteiger partial charge in [-0.25, -0.2) is 21.6 Å². The number of thiophene rings is 1. The zero-order valence-corrected chi connectivity index (χ0v) is 30.0. The summed E-state index contributed by atoms with van der Waals surface area (Å²) in [6, 6.07) is 11.4. The van der Waals surface area contributed by atoms with Gasteiger partial charge in [-0.15, -0.1) is 11.3 Å². The third-order valence-electron chi connectivity index (χ3n) is 9.52. The number of benzene rings is 1. The number of rotatable bonds is 17. The SMILES string of the molecule is CCN[C@@H]1C[C@@H](C)S(=O)(=O)c2sc(S(=O)(=O)NC(=O)CCC/C=C\C[C@@H]3[C@@H](CC[C@H](CCc4ccccc4)OC)[C@H](O)C[C@@H]3O)cc21. The molecule has 4 rings (SSSR count). The molecule has 10 nitrogen and oxygen atoms in total. The van der Waals surface area contributed by atoms with E-state index in [1.54, 1.807) is 14.0 Å². The molecule has 262 valence electrons. The van der Waals surface area contributed by atoms with Gasteiger partial charge in [0.1, 0.15) is 8.42 Å². The summed E-state index contributed by atoms with van der Waals surface area (Å²) in [7, 11) is -6.14. The quantitative estimate of drug-likeness (QED) is 0.135. The largest absolute Gasteiger partial charge is 0.393 e. The maximum atomic E-state index is 13.0. The number of sulfonamides is 1. The fourth-order valence-corrected chi connectivity index (χ4v) is 11.8. The average molecular weight is 711 g/mol. The second-order valence-corrected chi connectivity index (χ2v) is 18.3. The molecule has 0 bridgehead atoms. The van der Waals surface area contributed by atoms with E-state index in [-0.39, 0.29) is 38.8 Å². The van der Waals surface area contributed by atoms with Gasteiger partial charge < -0.3 is 20.3 Å². The number of aryl methyl sites for hydroxylation is 1. The first-order valence-corrected chi connectivity index (χ1v) is 20.5. The number of hydrogen-bond acceptors (Lipinski definition) is 10. The van der Waals surface area contributed by atoms with E-state index in [0.29, 0.717) is 55.5 Å². The molecule has 0 radical (unpaired) electrons. The third kappa shape index (κ3) is 9.74. The molecule has 1 aliphatic carbocycles. The van der Waals surface area contributed by atoms with Crippen LogP contribution in [0.1, 0.15) is 88.8 Å². The number of nitrogens with one attached hydrogen (secondary N) is 2. The number of amides is 1. The summed E-state index contributed by atoms with van der Waals surface area (Å²) in [5.41, 5.74) is 1.70. The standard InChI is InChI=1S/C34H50N2O8S3/c1-4-35-29-20-23(2)46(40,41)34-28(29)21-33(45-34)47(42,43)36-32(39)15-11-6-5-10-14-26-27(31(38)22-30(26)37)19-18-25(44-3)17-16-24-12-8-7-9-13-24/h5,7-10,12-13,21,23,25-27,29-31,35,37-38H,4,6,11,14-20,22H2,1-3H3,(H,36,39)/b10-5-/t23-,25+,26-,27-,29-,30+,31-/m1/s1. The van der Waals surface area contributed by atoms with Crippen molar-refractivity contribution in [3.63, 3.8) is 0 Å². The predicted octanol–water partition coefficient (Wildman–Crippen LogP) is 4.67. The highest BCUT2D eigenvalue weighted by Crippen LogP contribution is 2.43. The van der Waals surface area contributed by atoms with Crippen LogP contribution in [-0.4, -0.2) is 70.2 Å². The molecule has 2 aromatic rings. The molecule has 2 aliphatic rings. The zero-order valence-electron chi connectivity index (χ0n) is 27.5. The van der Waals surface area contributed by atoms with Gasteiger partial charge >= 0.3 is 0 Å². The van der Waals surface area contributed by atoms with Crippen LogP contribution >= 0.6 is 11.3 Å². The van der Waals surface area contributed by atoms with Gasteiger partial charge in [0.15, 0.2) is 9.84 Å². The number of aliphatic hydroxyl groups is 2. The lowest BCUT2D eigenvalue weighted by molar-refractivity contribution is -0.119. The molecule has 2 heterocycles. The molecular weight excluding hydrogens is 661 g/mol. The number of carbonyl (C=O) groups excluding carboxylic acids is 1. The van der Waals surface area contributed by atoms with Crippen LogP contribution in [0.2, 0.25) is 0 Å². The number of ether oxygens (including phenoxy) is 1. The molecule has 0 saturated heterocycles. The molecule has 13 heteroatoms. The minimum atomic E-state index is -4.22. The van der Waals surface area contributed by atoms with Gasteiger partial charge in [0.05, 0.1) is 23.6 Å². The van der Waals surface area contributed by atoms with Crippen molar-refractivity contribution < 1.29 is 36.6 Å². The van der Waals surface area contributed by atoms with Gasteiger partial charge in [0.2, 0.25) is 5.91 Å². The highest BCUT2D eigenvalue weighted by molar-refractivity contribution is 7.95. The summed E-state index contributed by atoms with van der Waals surface area (Å²) in [6.07, 6.45) is 8.43.